The number of rotatable bonds is 1. The fourth-order valence-electron chi connectivity index (χ4n) is 4.38. The van der Waals surface area contributed by atoms with Crippen molar-refractivity contribution in [3.63, 3.8) is 0 Å². The molecule has 0 spiro atoms. The number of fused-ring (bicyclic) bond motifs is 2. The molecule has 0 amide bonds. The molecule has 0 radical (unpaired) electrons. The Kier molecular flexibility index (Phi) is 3.72. The third-order valence-corrected chi connectivity index (χ3v) is 5.77. The summed E-state index contributed by atoms with van der Waals surface area (Å²) in [6, 6.07) is 5.12. The normalized spacial score (nSPS) is 25.6. The third-order valence-electron chi connectivity index (χ3n) is 5.77. The molecule has 2 atom stereocenters. The Bertz CT molecular complexity index is 727. The molecule has 2 aliphatic heterocycles. The van der Waals surface area contributed by atoms with Crippen LogP contribution in [0.25, 0.3) is 10.9 Å². The van der Waals surface area contributed by atoms with Crippen molar-refractivity contribution in [3.8, 4) is 0 Å². The molecule has 0 saturated carbocycles. The molecule has 4 heteroatoms. The Balaban J connectivity index is 1.77. The first-order valence-corrected chi connectivity index (χ1v) is 8.80. The highest BCUT2D eigenvalue weighted by Crippen LogP contribution is 2.35. The molecule has 1 aromatic heterocycles. The summed E-state index contributed by atoms with van der Waals surface area (Å²) in [6.45, 7) is 7.88. The maximum atomic E-state index is 4.71. The summed E-state index contributed by atoms with van der Waals surface area (Å²) < 4.78 is 0. The topological polar surface area (TPSA) is 32.3 Å². The second-order valence-corrected chi connectivity index (χ2v) is 7.36. The number of anilines is 1. The molecule has 0 N–H and O–H groups in total. The minimum atomic E-state index is 0.639. The van der Waals surface area contributed by atoms with Gasteiger partial charge in [0.05, 0.1) is 5.52 Å². The van der Waals surface area contributed by atoms with Gasteiger partial charge in [-0.2, -0.15) is 0 Å². The minimum absolute atomic E-state index is 0.639. The Morgan fingerprint density at radius 1 is 1.04 bits per heavy atom. The maximum Gasteiger partial charge on any atom is 0.140 e. The summed E-state index contributed by atoms with van der Waals surface area (Å²) in [4.78, 5) is 14.3. The van der Waals surface area contributed by atoms with Crippen LogP contribution >= 0.6 is 0 Å². The van der Waals surface area contributed by atoms with Gasteiger partial charge in [0.25, 0.3) is 0 Å². The summed E-state index contributed by atoms with van der Waals surface area (Å²) in [5, 5.41) is 1.22. The number of aryl methyl sites for hydroxylation is 2. The van der Waals surface area contributed by atoms with Crippen molar-refractivity contribution >= 4 is 16.7 Å². The van der Waals surface area contributed by atoms with Gasteiger partial charge in [-0.3, -0.25) is 0 Å². The van der Waals surface area contributed by atoms with Crippen LogP contribution in [0.1, 0.15) is 30.4 Å². The molecule has 2 aliphatic rings. The van der Waals surface area contributed by atoms with E-state index >= 15 is 0 Å². The SMILES string of the molecule is Cc1cc2ncnc(N3CCC[C@@H]4CN(C)CC[C@@H]43)c2cc1C. The van der Waals surface area contributed by atoms with Gasteiger partial charge >= 0.3 is 0 Å². The second kappa shape index (κ2) is 5.75. The number of hydrogen-bond donors (Lipinski definition) is 0. The van der Waals surface area contributed by atoms with Gasteiger partial charge in [0, 0.05) is 24.5 Å². The molecule has 4 rings (SSSR count). The van der Waals surface area contributed by atoms with Gasteiger partial charge in [0.1, 0.15) is 12.1 Å². The van der Waals surface area contributed by atoms with Crippen LogP contribution in [0.5, 0.6) is 0 Å². The quantitative estimate of drug-likeness (QED) is 0.810. The van der Waals surface area contributed by atoms with Gasteiger partial charge in [0.15, 0.2) is 0 Å². The van der Waals surface area contributed by atoms with E-state index in [1.54, 1.807) is 6.33 Å². The van der Waals surface area contributed by atoms with Gasteiger partial charge in [-0.05, 0) is 75.9 Å². The van der Waals surface area contributed by atoms with E-state index in [9.17, 15) is 0 Å². The number of aromatic nitrogens is 2. The van der Waals surface area contributed by atoms with Crippen molar-refractivity contribution in [2.45, 2.75) is 39.2 Å². The summed E-state index contributed by atoms with van der Waals surface area (Å²) in [5.41, 5.74) is 3.71. The first kappa shape index (κ1) is 14.9. The van der Waals surface area contributed by atoms with E-state index in [4.69, 9.17) is 4.98 Å². The van der Waals surface area contributed by atoms with Gasteiger partial charge in [-0.15, -0.1) is 0 Å². The zero-order valence-electron chi connectivity index (χ0n) is 14.4. The molecule has 2 saturated heterocycles. The molecule has 0 bridgehead atoms. The van der Waals surface area contributed by atoms with Gasteiger partial charge in [0.2, 0.25) is 0 Å². The average Bonchev–Trinajstić information content (AvgIpc) is 2.54. The van der Waals surface area contributed by atoms with E-state index < -0.39 is 0 Å². The Morgan fingerprint density at radius 2 is 1.87 bits per heavy atom. The lowest BCUT2D eigenvalue weighted by atomic mass is 9.84. The van der Waals surface area contributed by atoms with E-state index in [0.29, 0.717) is 6.04 Å². The molecular formula is C19H26N4. The Hall–Kier alpha value is -1.68. The van der Waals surface area contributed by atoms with Crippen LogP contribution in [0.15, 0.2) is 18.5 Å². The molecular weight excluding hydrogens is 284 g/mol. The largest absolute Gasteiger partial charge is 0.353 e. The van der Waals surface area contributed by atoms with Gasteiger partial charge < -0.3 is 9.80 Å². The third kappa shape index (κ3) is 2.59. The van der Waals surface area contributed by atoms with Crippen LogP contribution in [-0.4, -0.2) is 47.6 Å². The van der Waals surface area contributed by atoms with Crippen LogP contribution in [0, 0.1) is 19.8 Å². The molecule has 0 aliphatic carbocycles. The van der Waals surface area contributed by atoms with Crippen LogP contribution < -0.4 is 4.90 Å². The van der Waals surface area contributed by atoms with Crippen molar-refractivity contribution in [1.82, 2.24) is 14.9 Å². The molecule has 2 fully saturated rings. The van der Waals surface area contributed by atoms with Crippen molar-refractivity contribution in [1.29, 1.82) is 0 Å². The summed E-state index contributed by atoms with van der Waals surface area (Å²) >= 11 is 0. The van der Waals surface area contributed by atoms with E-state index in [-0.39, 0.29) is 0 Å². The molecule has 23 heavy (non-hydrogen) atoms. The number of likely N-dealkylation sites (tertiary alicyclic amines) is 1. The number of hydrogen-bond acceptors (Lipinski definition) is 4. The average molecular weight is 310 g/mol. The Labute approximate surface area is 138 Å². The number of benzene rings is 1. The lowest BCUT2D eigenvalue weighted by Gasteiger charge is -2.47. The van der Waals surface area contributed by atoms with Crippen LogP contribution in [0.2, 0.25) is 0 Å². The molecule has 1 aromatic carbocycles. The molecule has 122 valence electrons. The van der Waals surface area contributed by atoms with Crippen LogP contribution in [0.4, 0.5) is 5.82 Å². The van der Waals surface area contributed by atoms with Gasteiger partial charge in [-0.25, -0.2) is 9.97 Å². The van der Waals surface area contributed by atoms with E-state index in [1.807, 2.05) is 0 Å². The van der Waals surface area contributed by atoms with Crippen molar-refractivity contribution < 1.29 is 0 Å². The highest BCUT2D eigenvalue weighted by molar-refractivity contribution is 5.90. The standard InChI is InChI=1S/C19H26N4/c1-13-9-16-17(10-14(13)2)20-12-21-19(16)23-7-4-5-15-11-22(3)8-6-18(15)23/h9-10,12,15,18H,4-8,11H2,1-3H3/t15-,18+/m1/s1. The fraction of sp³-hybridized carbons (Fsp3) is 0.579. The molecule has 0 unspecified atom stereocenters. The maximum absolute atomic E-state index is 4.71. The van der Waals surface area contributed by atoms with E-state index in [1.165, 1.54) is 48.9 Å². The second-order valence-electron chi connectivity index (χ2n) is 7.36. The number of nitrogens with zero attached hydrogens (tertiary/aromatic N) is 4. The lowest BCUT2D eigenvalue weighted by molar-refractivity contribution is 0.154. The zero-order chi connectivity index (χ0) is 16.0. The minimum Gasteiger partial charge on any atom is -0.353 e. The molecule has 2 aromatic rings. The van der Waals surface area contributed by atoms with E-state index in [0.717, 1.165) is 23.8 Å². The van der Waals surface area contributed by atoms with Gasteiger partial charge in [-0.1, -0.05) is 0 Å². The smallest absolute Gasteiger partial charge is 0.140 e. The van der Waals surface area contributed by atoms with Crippen molar-refractivity contribution in [2.24, 2.45) is 5.92 Å². The van der Waals surface area contributed by atoms with E-state index in [2.05, 4.69) is 47.8 Å². The van der Waals surface area contributed by atoms with Crippen molar-refractivity contribution in [2.75, 3.05) is 31.6 Å². The summed E-state index contributed by atoms with van der Waals surface area (Å²) in [7, 11) is 2.25. The summed E-state index contributed by atoms with van der Waals surface area (Å²) in [5.74, 6) is 1.93. The number of piperidine rings is 2. The first-order valence-electron chi connectivity index (χ1n) is 8.80. The molecule has 3 heterocycles. The Morgan fingerprint density at radius 3 is 2.74 bits per heavy atom. The highest BCUT2D eigenvalue weighted by atomic mass is 15.3. The summed E-state index contributed by atoms with van der Waals surface area (Å²) in [6.07, 6.45) is 5.61. The first-order chi connectivity index (χ1) is 11.1. The van der Waals surface area contributed by atoms with Crippen LogP contribution in [-0.2, 0) is 0 Å². The fourth-order valence-corrected chi connectivity index (χ4v) is 4.38. The lowest BCUT2D eigenvalue weighted by Crippen LogP contribution is -2.53. The monoisotopic (exact) mass is 310 g/mol. The van der Waals surface area contributed by atoms with Crippen LogP contribution in [0.3, 0.4) is 0 Å². The zero-order valence-corrected chi connectivity index (χ0v) is 14.4. The highest BCUT2D eigenvalue weighted by Gasteiger charge is 2.36. The molecule has 4 nitrogen and oxygen atoms in total. The van der Waals surface area contributed by atoms with Crippen molar-refractivity contribution in [3.05, 3.63) is 29.6 Å². The predicted molar refractivity (Wildman–Crippen MR) is 95.0 cm³/mol. The predicted octanol–water partition coefficient (Wildman–Crippen LogP) is 3.17.